The van der Waals surface area contributed by atoms with Crippen molar-refractivity contribution >= 4 is 0 Å². The second-order valence-electron chi connectivity index (χ2n) is 2.69. The Hall–Kier alpha value is -0.890. The van der Waals surface area contributed by atoms with Gasteiger partial charge in [0.05, 0.1) is 6.10 Å². The monoisotopic (exact) mass is 168 g/mol. The van der Waals surface area contributed by atoms with Gasteiger partial charge in [-0.3, -0.25) is 0 Å². The minimum atomic E-state index is -0.206. The van der Waals surface area contributed by atoms with Crippen LogP contribution in [0.25, 0.3) is 0 Å². The molecule has 0 spiro atoms. The summed E-state index contributed by atoms with van der Waals surface area (Å²) in [6.45, 7) is 2.01. The van der Waals surface area contributed by atoms with Gasteiger partial charge in [0, 0.05) is 7.11 Å². The first-order chi connectivity index (χ1) is 5.77. The highest BCUT2D eigenvalue weighted by atomic mass is 19.1. The molecule has 0 radical (unpaired) electrons. The topological polar surface area (TPSA) is 9.23 Å². The van der Waals surface area contributed by atoms with Gasteiger partial charge in [-0.25, -0.2) is 4.39 Å². The summed E-state index contributed by atoms with van der Waals surface area (Å²) >= 11 is 0. The fourth-order valence-corrected chi connectivity index (χ4v) is 1.25. The van der Waals surface area contributed by atoms with E-state index in [-0.39, 0.29) is 11.9 Å². The molecular weight excluding hydrogens is 155 g/mol. The Kier molecular flexibility index (Phi) is 3.23. The summed E-state index contributed by atoms with van der Waals surface area (Å²) < 4.78 is 17.9. The van der Waals surface area contributed by atoms with E-state index in [2.05, 4.69) is 0 Å². The van der Waals surface area contributed by atoms with Crippen LogP contribution in [0.3, 0.4) is 0 Å². The lowest BCUT2D eigenvalue weighted by Crippen LogP contribution is -1.99. The molecule has 0 aliphatic rings. The highest BCUT2D eigenvalue weighted by Crippen LogP contribution is 2.20. The first-order valence-electron chi connectivity index (χ1n) is 4.06. The second kappa shape index (κ2) is 4.21. The van der Waals surface area contributed by atoms with Gasteiger partial charge in [0.1, 0.15) is 5.82 Å². The third kappa shape index (κ3) is 2.05. The fraction of sp³-hybridized carbons (Fsp3) is 0.400. The molecule has 0 amide bonds. The molecule has 1 aromatic carbocycles. The zero-order valence-corrected chi connectivity index (χ0v) is 7.38. The Morgan fingerprint density at radius 2 is 2.25 bits per heavy atom. The number of ether oxygens (including phenoxy) is 1. The second-order valence-corrected chi connectivity index (χ2v) is 2.69. The van der Waals surface area contributed by atoms with Gasteiger partial charge in [0.2, 0.25) is 0 Å². The summed E-state index contributed by atoms with van der Waals surface area (Å²) in [6, 6.07) is 6.52. The Bertz CT molecular complexity index is 243. The average molecular weight is 168 g/mol. The van der Waals surface area contributed by atoms with Crippen LogP contribution in [0, 0.1) is 5.82 Å². The minimum absolute atomic E-state index is 0.0145. The molecule has 0 saturated carbocycles. The van der Waals surface area contributed by atoms with E-state index in [1.165, 1.54) is 12.1 Å². The number of rotatable bonds is 3. The van der Waals surface area contributed by atoms with E-state index in [4.69, 9.17) is 4.74 Å². The largest absolute Gasteiger partial charge is 0.377 e. The summed E-state index contributed by atoms with van der Waals surface area (Å²) in [4.78, 5) is 0. The molecule has 0 fully saturated rings. The molecule has 0 aliphatic heterocycles. The Balaban J connectivity index is 2.85. The average Bonchev–Trinajstić information content (AvgIpc) is 2.07. The van der Waals surface area contributed by atoms with Crippen LogP contribution in [0.4, 0.5) is 4.39 Å². The Morgan fingerprint density at radius 3 is 2.75 bits per heavy atom. The molecule has 1 aromatic rings. The quantitative estimate of drug-likeness (QED) is 0.674. The van der Waals surface area contributed by atoms with Crippen molar-refractivity contribution in [3.05, 3.63) is 35.6 Å². The molecule has 2 heteroatoms. The van der Waals surface area contributed by atoms with Crippen molar-refractivity contribution in [3.8, 4) is 0 Å². The van der Waals surface area contributed by atoms with E-state index >= 15 is 0 Å². The first-order valence-corrected chi connectivity index (χ1v) is 4.06. The van der Waals surface area contributed by atoms with Crippen LogP contribution in [0.1, 0.15) is 25.0 Å². The molecule has 1 unspecified atom stereocenters. The van der Waals surface area contributed by atoms with Crippen LogP contribution in [0.2, 0.25) is 0 Å². The summed E-state index contributed by atoms with van der Waals surface area (Å²) in [5.74, 6) is -0.206. The van der Waals surface area contributed by atoms with Gasteiger partial charge < -0.3 is 4.74 Å². The van der Waals surface area contributed by atoms with Crippen molar-refractivity contribution in [2.75, 3.05) is 7.11 Å². The number of benzene rings is 1. The number of hydrogen-bond donors (Lipinski definition) is 0. The van der Waals surface area contributed by atoms with Crippen LogP contribution >= 0.6 is 0 Å². The van der Waals surface area contributed by atoms with Crippen LogP contribution < -0.4 is 0 Å². The first kappa shape index (κ1) is 9.20. The third-order valence-electron chi connectivity index (χ3n) is 1.88. The van der Waals surface area contributed by atoms with E-state index in [0.717, 1.165) is 12.0 Å². The van der Waals surface area contributed by atoms with Crippen molar-refractivity contribution in [1.29, 1.82) is 0 Å². The molecule has 1 rings (SSSR count). The molecule has 1 nitrogen and oxygen atoms in total. The van der Waals surface area contributed by atoms with E-state index in [9.17, 15) is 4.39 Å². The van der Waals surface area contributed by atoms with Gasteiger partial charge in [-0.2, -0.15) is 0 Å². The van der Waals surface area contributed by atoms with Gasteiger partial charge in [-0.15, -0.1) is 0 Å². The highest BCUT2D eigenvalue weighted by Gasteiger charge is 2.07. The zero-order valence-electron chi connectivity index (χ0n) is 7.38. The Morgan fingerprint density at radius 1 is 1.50 bits per heavy atom. The standard InChI is InChI=1S/C10H13FO/c1-3-10(12-2)8-5-4-6-9(11)7-8/h4-7,10H,3H2,1-2H3. The van der Waals surface area contributed by atoms with Gasteiger partial charge in [-0.05, 0) is 24.1 Å². The number of halogens is 1. The van der Waals surface area contributed by atoms with E-state index in [1.54, 1.807) is 13.2 Å². The number of hydrogen-bond acceptors (Lipinski definition) is 1. The maximum absolute atomic E-state index is 12.7. The van der Waals surface area contributed by atoms with Crippen molar-refractivity contribution in [3.63, 3.8) is 0 Å². The SMILES string of the molecule is CCC(OC)c1cccc(F)c1. The van der Waals surface area contributed by atoms with Crippen LogP contribution in [-0.4, -0.2) is 7.11 Å². The van der Waals surface area contributed by atoms with Gasteiger partial charge in [0.25, 0.3) is 0 Å². The van der Waals surface area contributed by atoms with E-state index < -0.39 is 0 Å². The molecular formula is C10H13FO. The molecule has 0 aliphatic carbocycles. The molecule has 12 heavy (non-hydrogen) atoms. The fourth-order valence-electron chi connectivity index (χ4n) is 1.25. The lowest BCUT2D eigenvalue weighted by atomic mass is 10.1. The summed E-state index contributed by atoms with van der Waals surface area (Å²) in [6.07, 6.45) is 0.876. The maximum atomic E-state index is 12.7. The van der Waals surface area contributed by atoms with E-state index in [0.29, 0.717) is 0 Å². The molecule has 0 heterocycles. The molecule has 0 N–H and O–H groups in total. The molecule has 66 valence electrons. The lowest BCUT2D eigenvalue weighted by Gasteiger charge is -2.12. The maximum Gasteiger partial charge on any atom is 0.123 e. The smallest absolute Gasteiger partial charge is 0.123 e. The van der Waals surface area contributed by atoms with Gasteiger partial charge in [0.15, 0.2) is 0 Å². The number of methoxy groups -OCH3 is 1. The predicted octanol–water partition coefficient (Wildman–Crippen LogP) is 2.92. The molecule has 1 atom stereocenters. The van der Waals surface area contributed by atoms with Crippen molar-refractivity contribution < 1.29 is 9.13 Å². The molecule has 0 bridgehead atoms. The third-order valence-corrected chi connectivity index (χ3v) is 1.88. The predicted molar refractivity (Wildman–Crippen MR) is 46.4 cm³/mol. The molecule has 0 aromatic heterocycles. The zero-order chi connectivity index (χ0) is 8.97. The normalized spacial score (nSPS) is 12.9. The molecule has 0 saturated heterocycles. The van der Waals surface area contributed by atoms with Crippen molar-refractivity contribution in [2.45, 2.75) is 19.4 Å². The van der Waals surface area contributed by atoms with Crippen molar-refractivity contribution in [2.24, 2.45) is 0 Å². The minimum Gasteiger partial charge on any atom is -0.377 e. The highest BCUT2D eigenvalue weighted by molar-refractivity contribution is 5.18. The van der Waals surface area contributed by atoms with E-state index in [1.807, 2.05) is 13.0 Å². The van der Waals surface area contributed by atoms with Crippen LogP contribution in [-0.2, 0) is 4.74 Å². The van der Waals surface area contributed by atoms with Crippen LogP contribution in [0.15, 0.2) is 24.3 Å². The summed E-state index contributed by atoms with van der Waals surface area (Å²) in [7, 11) is 1.64. The van der Waals surface area contributed by atoms with Crippen molar-refractivity contribution in [1.82, 2.24) is 0 Å². The lowest BCUT2D eigenvalue weighted by molar-refractivity contribution is 0.0998. The Labute approximate surface area is 72.2 Å². The summed E-state index contributed by atoms with van der Waals surface area (Å²) in [5.41, 5.74) is 0.903. The van der Waals surface area contributed by atoms with Crippen LogP contribution in [0.5, 0.6) is 0 Å². The van der Waals surface area contributed by atoms with Gasteiger partial charge in [-0.1, -0.05) is 19.1 Å². The summed E-state index contributed by atoms with van der Waals surface area (Å²) in [5, 5.41) is 0. The van der Waals surface area contributed by atoms with Gasteiger partial charge >= 0.3 is 0 Å².